The lowest BCUT2D eigenvalue weighted by atomic mass is 10.0. The fraction of sp³-hybridized carbons (Fsp3) is 0.533. The molecule has 1 aliphatic rings. The Morgan fingerprint density at radius 2 is 2.16 bits per heavy atom. The summed E-state index contributed by atoms with van der Waals surface area (Å²) < 4.78 is 1.12. The van der Waals surface area contributed by atoms with E-state index in [2.05, 4.69) is 70.9 Å². The van der Waals surface area contributed by atoms with E-state index in [-0.39, 0.29) is 6.04 Å². The number of halogens is 1. The van der Waals surface area contributed by atoms with E-state index in [1.165, 1.54) is 11.3 Å². The zero-order chi connectivity index (χ0) is 14.0. The van der Waals surface area contributed by atoms with Crippen molar-refractivity contribution in [3.05, 3.63) is 28.2 Å². The van der Waals surface area contributed by atoms with E-state index in [4.69, 9.17) is 5.26 Å². The zero-order valence-corrected chi connectivity index (χ0v) is 13.3. The number of aryl methyl sites for hydroxylation is 1. The summed E-state index contributed by atoms with van der Waals surface area (Å²) in [5.41, 5.74) is 2.45. The van der Waals surface area contributed by atoms with Gasteiger partial charge < -0.3 is 9.80 Å². The summed E-state index contributed by atoms with van der Waals surface area (Å²) in [7, 11) is 2.13. The van der Waals surface area contributed by atoms with Crippen LogP contribution in [0.3, 0.4) is 0 Å². The molecule has 0 amide bonds. The Bertz CT molecular complexity index is 495. The second-order valence-corrected chi connectivity index (χ2v) is 6.30. The van der Waals surface area contributed by atoms with Gasteiger partial charge in [-0.25, -0.2) is 0 Å². The van der Waals surface area contributed by atoms with E-state index in [1.54, 1.807) is 0 Å². The van der Waals surface area contributed by atoms with E-state index in [1.807, 2.05) is 0 Å². The molecular formula is C15H20BrN3. The molecule has 0 aliphatic carbocycles. The van der Waals surface area contributed by atoms with Crippen LogP contribution in [0, 0.1) is 18.3 Å². The SMILES string of the molecule is Cc1ccc(N2C(C)CN(C)CC2CC#N)c(Br)c1. The standard InChI is InChI=1S/C15H20BrN3/c1-11-4-5-15(14(16)8-11)19-12(2)9-18(3)10-13(19)6-7-17/h4-5,8,12-13H,6,9-10H2,1-3H3. The van der Waals surface area contributed by atoms with Crippen molar-refractivity contribution in [2.75, 3.05) is 25.0 Å². The van der Waals surface area contributed by atoms with E-state index >= 15 is 0 Å². The summed E-state index contributed by atoms with van der Waals surface area (Å²) in [6.45, 7) is 6.29. The highest BCUT2D eigenvalue weighted by molar-refractivity contribution is 9.10. The molecule has 0 saturated carbocycles. The molecule has 19 heavy (non-hydrogen) atoms. The van der Waals surface area contributed by atoms with Gasteiger partial charge in [0.25, 0.3) is 0 Å². The molecule has 1 aromatic carbocycles. The zero-order valence-electron chi connectivity index (χ0n) is 11.7. The number of hydrogen-bond donors (Lipinski definition) is 0. The molecule has 0 bridgehead atoms. The van der Waals surface area contributed by atoms with Crippen LogP contribution in [0.5, 0.6) is 0 Å². The predicted octanol–water partition coefficient (Wildman–Crippen LogP) is 3.18. The molecule has 0 spiro atoms. The Kier molecular flexibility index (Phi) is 4.49. The van der Waals surface area contributed by atoms with Crippen LogP contribution in [0.1, 0.15) is 18.9 Å². The molecule has 1 fully saturated rings. The minimum absolute atomic E-state index is 0.262. The first-order chi connectivity index (χ1) is 9.02. The van der Waals surface area contributed by atoms with Gasteiger partial charge in [0.1, 0.15) is 0 Å². The lowest BCUT2D eigenvalue weighted by molar-refractivity contribution is 0.233. The van der Waals surface area contributed by atoms with Gasteiger partial charge in [-0.15, -0.1) is 0 Å². The van der Waals surface area contributed by atoms with Gasteiger partial charge in [-0.05, 0) is 54.5 Å². The first kappa shape index (κ1) is 14.4. The topological polar surface area (TPSA) is 30.3 Å². The van der Waals surface area contributed by atoms with Crippen LogP contribution in [0.15, 0.2) is 22.7 Å². The molecule has 4 heteroatoms. The molecule has 0 N–H and O–H groups in total. The number of rotatable bonds is 2. The lowest BCUT2D eigenvalue weighted by Gasteiger charge is -2.45. The molecule has 0 aromatic heterocycles. The Labute approximate surface area is 123 Å². The van der Waals surface area contributed by atoms with Crippen molar-refractivity contribution in [2.24, 2.45) is 0 Å². The summed E-state index contributed by atoms with van der Waals surface area (Å²) in [5.74, 6) is 0. The summed E-state index contributed by atoms with van der Waals surface area (Å²) in [5, 5.41) is 9.06. The molecule has 2 rings (SSSR count). The summed E-state index contributed by atoms with van der Waals surface area (Å²) in [6, 6.07) is 9.43. The monoisotopic (exact) mass is 321 g/mol. The van der Waals surface area contributed by atoms with Crippen LogP contribution < -0.4 is 4.90 Å². The first-order valence-corrected chi connectivity index (χ1v) is 7.42. The number of anilines is 1. The Morgan fingerprint density at radius 1 is 1.42 bits per heavy atom. The second kappa shape index (κ2) is 5.94. The van der Waals surface area contributed by atoms with Gasteiger partial charge in [0.2, 0.25) is 0 Å². The van der Waals surface area contributed by atoms with Gasteiger partial charge in [0.15, 0.2) is 0 Å². The number of hydrogen-bond acceptors (Lipinski definition) is 3. The smallest absolute Gasteiger partial charge is 0.0643 e. The molecule has 2 unspecified atom stereocenters. The quantitative estimate of drug-likeness (QED) is 0.838. The van der Waals surface area contributed by atoms with Crippen molar-refractivity contribution < 1.29 is 0 Å². The van der Waals surface area contributed by atoms with Crippen molar-refractivity contribution in [2.45, 2.75) is 32.4 Å². The van der Waals surface area contributed by atoms with Crippen molar-refractivity contribution in [1.29, 1.82) is 5.26 Å². The van der Waals surface area contributed by atoms with Crippen LogP contribution in [0.2, 0.25) is 0 Å². The predicted molar refractivity (Wildman–Crippen MR) is 82.3 cm³/mol. The number of nitriles is 1. The van der Waals surface area contributed by atoms with Gasteiger partial charge in [-0.2, -0.15) is 5.26 Å². The van der Waals surface area contributed by atoms with E-state index < -0.39 is 0 Å². The van der Waals surface area contributed by atoms with Crippen LogP contribution >= 0.6 is 15.9 Å². The first-order valence-electron chi connectivity index (χ1n) is 6.63. The van der Waals surface area contributed by atoms with Crippen molar-refractivity contribution in [1.82, 2.24) is 4.90 Å². The van der Waals surface area contributed by atoms with Gasteiger partial charge >= 0.3 is 0 Å². The van der Waals surface area contributed by atoms with E-state index in [0.717, 1.165) is 17.6 Å². The largest absolute Gasteiger partial charge is 0.361 e. The van der Waals surface area contributed by atoms with Gasteiger partial charge in [0, 0.05) is 23.6 Å². The molecule has 2 atom stereocenters. The molecular weight excluding hydrogens is 302 g/mol. The van der Waals surface area contributed by atoms with Gasteiger partial charge in [0.05, 0.1) is 24.2 Å². The van der Waals surface area contributed by atoms with Crippen molar-refractivity contribution in [3.8, 4) is 6.07 Å². The van der Waals surface area contributed by atoms with Gasteiger partial charge in [-0.1, -0.05) is 6.07 Å². The molecule has 1 heterocycles. The van der Waals surface area contributed by atoms with Crippen molar-refractivity contribution in [3.63, 3.8) is 0 Å². The average Bonchev–Trinajstić information content (AvgIpc) is 2.31. The normalized spacial score (nSPS) is 24.3. The summed E-state index contributed by atoms with van der Waals surface area (Å²) in [4.78, 5) is 4.71. The lowest BCUT2D eigenvalue weighted by Crippen LogP contribution is -2.56. The number of nitrogens with zero attached hydrogens (tertiary/aromatic N) is 3. The Morgan fingerprint density at radius 3 is 2.79 bits per heavy atom. The highest BCUT2D eigenvalue weighted by Gasteiger charge is 2.31. The maximum absolute atomic E-state index is 9.06. The number of likely N-dealkylation sites (N-methyl/N-ethyl adjacent to an activating group) is 1. The minimum Gasteiger partial charge on any atom is -0.361 e. The van der Waals surface area contributed by atoms with Crippen LogP contribution in [0.25, 0.3) is 0 Å². The highest BCUT2D eigenvalue weighted by Crippen LogP contribution is 2.32. The molecule has 0 radical (unpaired) electrons. The summed E-state index contributed by atoms with van der Waals surface area (Å²) in [6.07, 6.45) is 0.564. The number of benzene rings is 1. The van der Waals surface area contributed by atoms with Gasteiger partial charge in [-0.3, -0.25) is 0 Å². The highest BCUT2D eigenvalue weighted by atomic mass is 79.9. The average molecular weight is 322 g/mol. The second-order valence-electron chi connectivity index (χ2n) is 5.45. The molecule has 1 saturated heterocycles. The van der Waals surface area contributed by atoms with Crippen molar-refractivity contribution >= 4 is 21.6 Å². The Hall–Kier alpha value is -1.05. The molecule has 1 aromatic rings. The van der Waals surface area contributed by atoms with Crippen LogP contribution in [-0.2, 0) is 0 Å². The minimum atomic E-state index is 0.262. The maximum Gasteiger partial charge on any atom is 0.0643 e. The van der Waals surface area contributed by atoms with E-state index in [0.29, 0.717) is 12.5 Å². The third-order valence-electron chi connectivity index (χ3n) is 3.67. The van der Waals surface area contributed by atoms with Crippen LogP contribution in [0.4, 0.5) is 5.69 Å². The Balaban J connectivity index is 2.35. The van der Waals surface area contributed by atoms with Crippen LogP contribution in [-0.4, -0.2) is 37.1 Å². The third kappa shape index (κ3) is 3.10. The maximum atomic E-state index is 9.06. The molecule has 3 nitrogen and oxygen atoms in total. The molecule has 102 valence electrons. The van der Waals surface area contributed by atoms with E-state index in [9.17, 15) is 0 Å². The fourth-order valence-electron chi connectivity index (χ4n) is 2.94. The fourth-order valence-corrected chi connectivity index (χ4v) is 3.64. The summed E-state index contributed by atoms with van der Waals surface area (Å²) >= 11 is 3.67. The molecule has 1 aliphatic heterocycles. The third-order valence-corrected chi connectivity index (χ3v) is 4.31. The number of piperazine rings is 1.